The van der Waals surface area contributed by atoms with E-state index in [-0.39, 0.29) is 5.91 Å². The van der Waals surface area contributed by atoms with E-state index in [1.165, 1.54) is 7.05 Å². The number of imide groups is 1. The lowest BCUT2D eigenvalue weighted by molar-refractivity contribution is -0.133. The van der Waals surface area contributed by atoms with Gasteiger partial charge in [-0.3, -0.25) is 14.5 Å². The maximum Gasteiger partial charge on any atom is 0.260 e. The van der Waals surface area contributed by atoms with Crippen LogP contribution in [0.2, 0.25) is 0 Å². The van der Waals surface area contributed by atoms with Crippen molar-refractivity contribution in [3.8, 4) is 0 Å². The molecule has 0 saturated heterocycles. The Kier molecular flexibility index (Phi) is 8.21. The van der Waals surface area contributed by atoms with Gasteiger partial charge in [-0.2, -0.15) is 0 Å². The predicted octanol–water partition coefficient (Wildman–Crippen LogP) is 3.80. The summed E-state index contributed by atoms with van der Waals surface area (Å²) in [7, 11) is 1.46. The zero-order valence-electron chi connectivity index (χ0n) is 13.2. The van der Waals surface area contributed by atoms with Gasteiger partial charge in [0, 0.05) is 12.6 Å². The van der Waals surface area contributed by atoms with Gasteiger partial charge in [0.1, 0.15) is 0 Å². The minimum atomic E-state index is -0.297. The molecule has 0 aromatic rings. The lowest BCUT2D eigenvalue weighted by Crippen LogP contribution is -2.27. The van der Waals surface area contributed by atoms with Crippen molar-refractivity contribution in [2.24, 2.45) is 0 Å². The Labute approximate surface area is 122 Å². The van der Waals surface area contributed by atoms with E-state index in [4.69, 9.17) is 0 Å². The van der Waals surface area contributed by atoms with Crippen LogP contribution in [0, 0.1) is 0 Å². The maximum atomic E-state index is 12.2. The van der Waals surface area contributed by atoms with Crippen molar-refractivity contribution in [3.05, 3.63) is 47.1 Å². The number of likely N-dealkylation sites (N-methyl/N-ethyl adjacent to an activating group) is 1. The van der Waals surface area contributed by atoms with Gasteiger partial charge in [-0.1, -0.05) is 38.7 Å². The zero-order chi connectivity index (χ0) is 15.7. The highest BCUT2D eigenvalue weighted by Gasteiger charge is 2.21. The van der Waals surface area contributed by atoms with Crippen LogP contribution in [0.4, 0.5) is 0 Å². The van der Waals surface area contributed by atoms with Gasteiger partial charge in [-0.25, -0.2) is 0 Å². The molecule has 0 spiro atoms. The Morgan fingerprint density at radius 1 is 1.40 bits per heavy atom. The van der Waals surface area contributed by atoms with Gasteiger partial charge in [-0.05, 0) is 43.4 Å². The number of carbonyl (C=O) groups excluding carboxylic acids is 2. The van der Waals surface area contributed by atoms with Crippen molar-refractivity contribution in [2.45, 2.75) is 40.5 Å². The predicted molar refractivity (Wildman–Crippen MR) is 84.2 cm³/mol. The normalized spacial score (nSPS) is 17.1. The highest BCUT2D eigenvalue weighted by Crippen LogP contribution is 2.31. The van der Waals surface area contributed by atoms with Gasteiger partial charge in [0.05, 0.1) is 0 Å². The van der Waals surface area contributed by atoms with E-state index in [9.17, 15) is 9.59 Å². The van der Waals surface area contributed by atoms with E-state index in [1.54, 1.807) is 12.2 Å². The van der Waals surface area contributed by atoms with Gasteiger partial charge < -0.3 is 0 Å². The molecule has 0 N–H and O–H groups in total. The molecule has 1 rings (SSSR count). The van der Waals surface area contributed by atoms with Crippen molar-refractivity contribution in [1.29, 1.82) is 0 Å². The van der Waals surface area contributed by atoms with Gasteiger partial charge >= 0.3 is 0 Å². The van der Waals surface area contributed by atoms with E-state index in [1.807, 2.05) is 27.7 Å². The molecule has 0 saturated carbocycles. The lowest BCUT2D eigenvalue weighted by Gasteiger charge is -2.21. The molecule has 1 aliphatic rings. The first kappa shape index (κ1) is 18.1. The molecule has 0 heterocycles. The molecule has 3 heteroatoms. The smallest absolute Gasteiger partial charge is 0.260 e. The second kappa shape index (κ2) is 9.08. The van der Waals surface area contributed by atoms with E-state index >= 15 is 0 Å². The lowest BCUT2D eigenvalue weighted by atomic mass is 9.86. The van der Waals surface area contributed by atoms with Crippen molar-refractivity contribution in [1.82, 2.24) is 4.90 Å². The number of amides is 2. The third kappa shape index (κ3) is 4.34. The van der Waals surface area contributed by atoms with Crippen LogP contribution in [-0.4, -0.2) is 24.3 Å². The summed E-state index contributed by atoms with van der Waals surface area (Å²) in [5.41, 5.74) is 3.41. The molecule has 0 unspecified atom stereocenters. The fraction of sp³-hybridized carbons (Fsp3) is 0.412. The van der Waals surface area contributed by atoms with E-state index < -0.39 is 0 Å². The first-order chi connectivity index (χ1) is 9.52. The zero-order valence-corrected chi connectivity index (χ0v) is 13.2. The van der Waals surface area contributed by atoms with Crippen LogP contribution in [0.3, 0.4) is 0 Å². The molecule has 110 valence electrons. The summed E-state index contributed by atoms with van der Waals surface area (Å²) in [4.78, 5) is 23.9. The van der Waals surface area contributed by atoms with Crippen LogP contribution < -0.4 is 0 Å². The average Bonchev–Trinajstić information content (AvgIpc) is 2.46. The van der Waals surface area contributed by atoms with Gasteiger partial charge in [-0.15, -0.1) is 0 Å². The maximum absolute atomic E-state index is 12.2. The minimum absolute atomic E-state index is 0.297. The summed E-state index contributed by atoms with van der Waals surface area (Å²) in [5.74, 6) is -0.297. The number of hydrogen-bond acceptors (Lipinski definition) is 2. The fourth-order valence-corrected chi connectivity index (χ4v) is 2.04. The Bertz CT molecular complexity index is 467. The molecule has 0 fully saturated rings. The molecule has 20 heavy (non-hydrogen) atoms. The quantitative estimate of drug-likeness (QED) is 0.580. The molecular formula is C17H25NO2. The minimum Gasteiger partial charge on any atom is -0.284 e. The summed E-state index contributed by atoms with van der Waals surface area (Å²) >= 11 is 0. The number of nitrogens with zero attached hydrogens (tertiary/aromatic N) is 1. The van der Waals surface area contributed by atoms with E-state index in [0.29, 0.717) is 12.0 Å². The molecule has 0 bridgehead atoms. The molecule has 0 aromatic heterocycles. The summed E-state index contributed by atoms with van der Waals surface area (Å²) < 4.78 is 0. The number of carbonyl (C=O) groups is 2. The van der Waals surface area contributed by atoms with Crippen LogP contribution in [0.5, 0.6) is 0 Å². The number of rotatable bonds is 3. The van der Waals surface area contributed by atoms with Gasteiger partial charge in [0.15, 0.2) is 0 Å². The second-order valence-corrected chi connectivity index (χ2v) is 4.34. The molecule has 2 amide bonds. The molecule has 0 aromatic carbocycles. The van der Waals surface area contributed by atoms with Gasteiger partial charge in [0.25, 0.3) is 5.91 Å². The Balaban J connectivity index is 0.00000172. The summed E-state index contributed by atoms with van der Waals surface area (Å²) in [6.45, 7) is 11.8. The average molecular weight is 275 g/mol. The summed E-state index contributed by atoms with van der Waals surface area (Å²) in [6.07, 6.45) is 7.97. The summed E-state index contributed by atoms with van der Waals surface area (Å²) in [5, 5.41) is 0. The highest BCUT2D eigenvalue weighted by molar-refractivity contribution is 6.03. The molecule has 0 aliphatic heterocycles. The van der Waals surface area contributed by atoms with Crippen LogP contribution in [-0.2, 0) is 9.59 Å². The largest absolute Gasteiger partial charge is 0.284 e. The molecule has 0 atom stereocenters. The molecule has 3 nitrogen and oxygen atoms in total. The molecule has 0 radical (unpaired) electrons. The van der Waals surface area contributed by atoms with Crippen LogP contribution in [0.25, 0.3) is 0 Å². The fourth-order valence-electron chi connectivity index (χ4n) is 2.04. The SMILES string of the molecule is C=C1CCC=C(C)/C1=C(/C=C\C)C(=O)N(C)C=O.CC. The first-order valence-corrected chi connectivity index (χ1v) is 6.97. The molecule has 1 aliphatic carbocycles. The van der Waals surface area contributed by atoms with E-state index in [2.05, 4.69) is 12.7 Å². The first-order valence-electron chi connectivity index (χ1n) is 6.97. The number of allylic oxidation sites excluding steroid dienone is 5. The topological polar surface area (TPSA) is 37.4 Å². The Hall–Kier alpha value is -1.90. The van der Waals surface area contributed by atoms with Crippen molar-refractivity contribution in [3.63, 3.8) is 0 Å². The van der Waals surface area contributed by atoms with Crippen molar-refractivity contribution in [2.75, 3.05) is 7.05 Å². The van der Waals surface area contributed by atoms with Crippen molar-refractivity contribution >= 4 is 12.3 Å². The van der Waals surface area contributed by atoms with Crippen LogP contribution in [0.15, 0.2) is 47.1 Å². The van der Waals surface area contributed by atoms with Crippen LogP contribution in [0.1, 0.15) is 40.5 Å². The monoisotopic (exact) mass is 275 g/mol. The highest BCUT2D eigenvalue weighted by atomic mass is 16.2. The summed E-state index contributed by atoms with van der Waals surface area (Å²) in [6, 6.07) is 0. The number of hydrogen-bond donors (Lipinski definition) is 0. The van der Waals surface area contributed by atoms with Gasteiger partial charge in [0.2, 0.25) is 6.41 Å². The molecular weight excluding hydrogens is 250 g/mol. The van der Waals surface area contributed by atoms with E-state index in [0.717, 1.165) is 34.5 Å². The third-order valence-electron chi connectivity index (χ3n) is 2.96. The van der Waals surface area contributed by atoms with Crippen LogP contribution >= 0.6 is 0 Å². The van der Waals surface area contributed by atoms with Crippen molar-refractivity contribution < 1.29 is 9.59 Å². The Morgan fingerprint density at radius 3 is 2.45 bits per heavy atom. The Morgan fingerprint density at radius 2 is 2.00 bits per heavy atom. The third-order valence-corrected chi connectivity index (χ3v) is 2.96. The second-order valence-electron chi connectivity index (χ2n) is 4.34. The standard InChI is InChI=1S/C15H19NO2.C2H6/c1-5-7-13(15(18)16(4)10-17)14-11(2)8-6-9-12(14)3;1-2/h5,7,9-10H,2,6,8H2,1,3-4H3;1-2H3/b7-5-,14-13-;.